The van der Waals surface area contributed by atoms with E-state index in [9.17, 15) is 9.18 Å². The highest BCUT2D eigenvalue weighted by Gasteiger charge is 2.44. The first kappa shape index (κ1) is 31.8. The average Bonchev–Trinajstić information content (AvgIpc) is 3.82. The van der Waals surface area contributed by atoms with E-state index in [0.717, 1.165) is 51.0 Å². The standard InChI is InChI=1S/C43H34FN5O2/c1-2-51-42(50)32-21-25-40(45-27-32)48-29-46-38-24-20-31(26-39(38)48)37-28-49(47-41(37)30-18-22-36(44)23-19-30)43(33-12-6-3-7-13-33,34-14-8-4-9-15-34)35-16-10-5-11-17-35/h3-16,18-29,35H,2,17H2,1H3. The van der Waals surface area contributed by atoms with Gasteiger partial charge in [-0.25, -0.2) is 19.2 Å². The second-order valence-electron chi connectivity index (χ2n) is 12.4. The van der Waals surface area contributed by atoms with Crippen LogP contribution in [0.5, 0.6) is 0 Å². The fourth-order valence-electron chi connectivity index (χ4n) is 7.11. The Balaban J connectivity index is 1.34. The minimum Gasteiger partial charge on any atom is -0.462 e. The van der Waals surface area contributed by atoms with Crippen molar-refractivity contribution in [3.63, 3.8) is 0 Å². The Kier molecular flexibility index (Phi) is 8.41. The Labute approximate surface area is 295 Å². The van der Waals surface area contributed by atoms with Crippen molar-refractivity contribution in [1.82, 2.24) is 24.3 Å². The molecule has 0 saturated carbocycles. The van der Waals surface area contributed by atoms with Gasteiger partial charge in [0, 0.05) is 29.4 Å². The number of benzene rings is 4. The molecule has 250 valence electrons. The molecule has 0 N–H and O–H groups in total. The summed E-state index contributed by atoms with van der Waals surface area (Å²) in [6, 6.07) is 37.1. The third-order valence-electron chi connectivity index (χ3n) is 9.50. The van der Waals surface area contributed by atoms with Crippen molar-refractivity contribution >= 4 is 17.0 Å². The highest BCUT2D eigenvalue weighted by molar-refractivity contribution is 5.90. The number of carbonyl (C=O) groups excluding carboxylic acids is 1. The van der Waals surface area contributed by atoms with Crippen molar-refractivity contribution in [3.05, 3.63) is 181 Å². The third-order valence-corrected chi connectivity index (χ3v) is 9.50. The predicted octanol–water partition coefficient (Wildman–Crippen LogP) is 9.19. The molecule has 1 aliphatic carbocycles. The van der Waals surface area contributed by atoms with Crippen LogP contribution in [0.3, 0.4) is 0 Å². The van der Waals surface area contributed by atoms with Gasteiger partial charge in [0.2, 0.25) is 0 Å². The van der Waals surface area contributed by atoms with Gasteiger partial charge in [0.05, 0.1) is 23.2 Å². The van der Waals surface area contributed by atoms with E-state index in [-0.39, 0.29) is 18.3 Å². The number of hydrogen-bond donors (Lipinski definition) is 0. The van der Waals surface area contributed by atoms with E-state index in [1.165, 1.54) is 18.3 Å². The lowest BCUT2D eigenvalue weighted by molar-refractivity contribution is 0.0526. The van der Waals surface area contributed by atoms with Crippen LogP contribution in [0.1, 0.15) is 34.8 Å². The molecule has 0 aliphatic heterocycles. The van der Waals surface area contributed by atoms with Crippen LogP contribution in [-0.2, 0) is 10.3 Å². The predicted molar refractivity (Wildman–Crippen MR) is 197 cm³/mol. The van der Waals surface area contributed by atoms with E-state index < -0.39 is 11.5 Å². The fraction of sp³-hybridized carbons (Fsp3) is 0.116. The SMILES string of the molecule is CCOC(=O)c1ccc(-n2cnc3ccc(-c4cn(C(c5ccccc5)(c5ccccc5)C5C=CC=CC5)nc4-c4ccc(F)cc4)cc32)nc1. The third kappa shape index (κ3) is 5.74. The van der Waals surface area contributed by atoms with Gasteiger partial charge in [-0.2, -0.15) is 5.10 Å². The maximum Gasteiger partial charge on any atom is 0.339 e. The summed E-state index contributed by atoms with van der Waals surface area (Å²) in [5, 5.41) is 5.43. The lowest BCUT2D eigenvalue weighted by Gasteiger charge is -2.41. The Morgan fingerprint density at radius 3 is 2.24 bits per heavy atom. The molecule has 8 rings (SSSR count). The van der Waals surface area contributed by atoms with E-state index in [1.807, 2.05) is 28.8 Å². The molecule has 4 aromatic carbocycles. The van der Waals surface area contributed by atoms with E-state index in [1.54, 1.807) is 37.5 Å². The topological polar surface area (TPSA) is 74.8 Å². The smallest absolute Gasteiger partial charge is 0.339 e. The minimum atomic E-state index is -0.715. The summed E-state index contributed by atoms with van der Waals surface area (Å²) in [7, 11) is 0. The second-order valence-corrected chi connectivity index (χ2v) is 12.4. The highest BCUT2D eigenvalue weighted by atomic mass is 19.1. The largest absolute Gasteiger partial charge is 0.462 e. The number of fused-ring (bicyclic) bond motifs is 1. The molecule has 1 unspecified atom stereocenters. The van der Waals surface area contributed by atoms with Gasteiger partial charge in [-0.1, -0.05) is 91.0 Å². The number of aromatic nitrogens is 5. The summed E-state index contributed by atoms with van der Waals surface area (Å²) in [6.07, 6.45) is 14.9. The fourth-order valence-corrected chi connectivity index (χ4v) is 7.11. The maximum absolute atomic E-state index is 14.3. The molecule has 7 aromatic rings. The van der Waals surface area contributed by atoms with Crippen molar-refractivity contribution < 1.29 is 13.9 Å². The first-order valence-corrected chi connectivity index (χ1v) is 17.0. The molecule has 0 bridgehead atoms. The molecule has 8 heteroatoms. The van der Waals surface area contributed by atoms with Gasteiger partial charge < -0.3 is 4.74 Å². The molecule has 1 atom stereocenters. The van der Waals surface area contributed by atoms with Gasteiger partial charge in [-0.3, -0.25) is 9.25 Å². The van der Waals surface area contributed by atoms with Crippen molar-refractivity contribution in [2.75, 3.05) is 6.61 Å². The first-order valence-electron chi connectivity index (χ1n) is 17.0. The van der Waals surface area contributed by atoms with Crippen LogP contribution in [0.2, 0.25) is 0 Å². The summed E-state index contributed by atoms with van der Waals surface area (Å²) in [5.74, 6) is -0.0785. The highest BCUT2D eigenvalue weighted by Crippen LogP contribution is 2.46. The number of pyridine rings is 1. The van der Waals surface area contributed by atoms with Crippen LogP contribution < -0.4 is 0 Å². The van der Waals surface area contributed by atoms with Crippen LogP contribution in [0, 0.1) is 11.7 Å². The number of ether oxygens (including phenoxy) is 1. The van der Waals surface area contributed by atoms with Crippen molar-refractivity contribution in [2.45, 2.75) is 18.9 Å². The molecule has 0 fully saturated rings. The van der Waals surface area contributed by atoms with Gasteiger partial charge in [0.25, 0.3) is 0 Å². The van der Waals surface area contributed by atoms with E-state index >= 15 is 0 Å². The monoisotopic (exact) mass is 671 g/mol. The Morgan fingerprint density at radius 2 is 1.59 bits per heavy atom. The molecule has 3 heterocycles. The molecule has 0 saturated heterocycles. The number of esters is 1. The number of hydrogen-bond acceptors (Lipinski definition) is 5. The molecule has 0 spiro atoms. The second kappa shape index (κ2) is 13.5. The Bertz CT molecular complexity index is 2340. The number of imidazole rings is 1. The summed E-state index contributed by atoms with van der Waals surface area (Å²) in [4.78, 5) is 21.5. The van der Waals surface area contributed by atoms with Crippen molar-refractivity contribution in [3.8, 4) is 28.2 Å². The number of rotatable bonds is 9. The summed E-state index contributed by atoms with van der Waals surface area (Å²) < 4.78 is 23.4. The van der Waals surface area contributed by atoms with Crippen LogP contribution in [0.15, 0.2) is 158 Å². The zero-order chi connectivity index (χ0) is 34.8. The molecule has 0 radical (unpaired) electrons. The van der Waals surface area contributed by atoms with Gasteiger partial charge in [-0.05, 0) is 78.6 Å². The molecule has 51 heavy (non-hydrogen) atoms. The summed E-state index contributed by atoms with van der Waals surface area (Å²) in [5.41, 5.74) is 6.80. The van der Waals surface area contributed by atoms with Crippen molar-refractivity contribution in [2.24, 2.45) is 5.92 Å². The lowest BCUT2D eigenvalue weighted by atomic mass is 9.70. The summed E-state index contributed by atoms with van der Waals surface area (Å²) in [6.45, 7) is 2.06. The van der Waals surface area contributed by atoms with Gasteiger partial charge in [-0.15, -0.1) is 0 Å². The van der Waals surface area contributed by atoms with Crippen LogP contribution in [-0.4, -0.2) is 36.9 Å². The minimum absolute atomic E-state index is 0.0358. The molecular weight excluding hydrogens is 638 g/mol. The van der Waals surface area contributed by atoms with Crippen LogP contribution in [0.25, 0.3) is 39.2 Å². The maximum atomic E-state index is 14.3. The van der Waals surface area contributed by atoms with Gasteiger partial charge in [0.15, 0.2) is 0 Å². The molecule has 7 nitrogen and oxygen atoms in total. The number of carbonyl (C=O) groups is 1. The van der Waals surface area contributed by atoms with E-state index in [4.69, 9.17) is 9.84 Å². The number of allylic oxidation sites excluding steroid dienone is 4. The Morgan fingerprint density at radius 1 is 0.863 bits per heavy atom. The van der Waals surface area contributed by atoms with Gasteiger partial charge in [0.1, 0.15) is 29.2 Å². The summed E-state index contributed by atoms with van der Waals surface area (Å²) >= 11 is 0. The number of nitrogens with zero attached hydrogens (tertiary/aromatic N) is 5. The van der Waals surface area contributed by atoms with Crippen molar-refractivity contribution in [1.29, 1.82) is 0 Å². The zero-order valence-corrected chi connectivity index (χ0v) is 27.9. The zero-order valence-electron chi connectivity index (χ0n) is 27.9. The van der Waals surface area contributed by atoms with Gasteiger partial charge >= 0.3 is 5.97 Å². The normalized spacial score (nSPS) is 14.2. The molecule has 1 aliphatic rings. The molecule has 3 aromatic heterocycles. The van der Waals surface area contributed by atoms with E-state index in [2.05, 4.69) is 99.7 Å². The van der Waals surface area contributed by atoms with Crippen LogP contribution in [0.4, 0.5) is 4.39 Å². The lowest BCUT2D eigenvalue weighted by Crippen LogP contribution is -2.43. The number of halogens is 1. The Hall–Kier alpha value is -6.41. The molecular formula is C43H34FN5O2. The van der Waals surface area contributed by atoms with E-state index in [0.29, 0.717) is 11.4 Å². The first-order chi connectivity index (χ1) is 25.1. The molecule has 0 amide bonds. The average molecular weight is 672 g/mol. The quantitative estimate of drug-likeness (QED) is 0.143. The van der Waals surface area contributed by atoms with Crippen LogP contribution >= 0.6 is 0 Å².